The SMILES string of the molecule is Nc1ccc(OCCCn2cc(Cl)cnc2=O)cc1. The second-order valence-corrected chi connectivity index (χ2v) is 4.46. The van der Waals surface area contributed by atoms with Crippen LogP contribution in [0, 0.1) is 0 Å². The van der Waals surface area contributed by atoms with E-state index in [-0.39, 0.29) is 5.69 Å². The van der Waals surface area contributed by atoms with Crippen LogP contribution in [-0.4, -0.2) is 16.2 Å². The van der Waals surface area contributed by atoms with Crippen LogP contribution in [0.3, 0.4) is 0 Å². The van der Waals surface area contributed by atoms with Crippen LogP contribution in [-0.2, 0) is 6.54 Å². The van der Waals surface area contributed by atoms with Crippen LogP contribution < -0.4 is 16.2 Å². The number of benzene rings is 1. The Kier molecular flexibility index (Phi) is 4.41. The van der Waals surface area contributed by atoms with Gasteiger partial charge in [0.1, 0.15) is 5.75 Å². The summed E-state index contributed by atoms with van der Waals surface area (Å²) in [5.74, 6) is 0.755. The van der Waals surface area contributed by atoms with E-state index >= 15 is 0 Å². The molecule has 0 amide bonds. The summed E-state index contributed by atoms with van der Waals surface area (Å²) in [6.07, 6.45) is 3.59. The third-order valence-corrected chi connectivity index (χ3v) is 2.71. The minimum absolute atomic E-state index is 0.308. The Bertz CT molecular complexity index is 596. The summed E-state index contributed by atoms with van der Waals surface area (Å²) in [5, 5.41) is 0.444. The first-order chi connectivity index (χ1) is 9.15. The second-order valence-electron chi connectivity index (χ2n) is 4.02. The lowest BCUT2D eigenvalue weighted by atomic mass is 10.3. The zero-order chi connectivity index (χ0) is 13.7. The predicted molar refractivity (Wildman–Crippen MR) is 74.5 cm³/mol. The van der Waals surface area contributed by atoms with E-state index in [1.54, 1.807) is 18.3 Å². The lowest BCUT2D eigenvalue weighted by Crippen LogP contribution is -2.22. The molecule has 0 saturated heterocycles. The highest BCUT2D eigenvalue weighted by atomic mass is 35.5. The van der Waals surface area contributed by atoms with Gasteiger partial charge in [-0.25, -0.2) is 9.78 Å². The Labute approximate surface area is 115 Å². The van der Waals surface area contributed by atoms with E-state index in [2.05, 4.69) is 4.98 Å². The van der Waals surface area contributed by atoms with Gasteiger partial charge in [0, 0.05) is 18.4 Å². The molecule has 0 aliphatic rings. The second kappa shape index (κ2) is 6.24. The van der Waals surface area contributed by atoms with Crippen molar-refractivity contribution in [3.05, 3.63) is 52.2 Å². The molecule has 100 valence electrons. The first-order valence-electron chi connectivity index (χ1n) is 5.85. The highest BCUT2D eigenvalue weighted by Gasteiger charge is 1.99. The van der Waals surface area contributed by atoms with Gasteiger partial charge in [0.2, 0.25) is 0 Å². The summed E-state index contributed by atoms with van der Waals surface area (Å²) >= 11 is 5.78. The summed E-state index contributed by atoms with van der Waals surface area (Å²) in [6, 6.07) is 7.17. The molecule has 0 unspecified atom stereocenters. The van der Waals surface area contributed by atoms with Crippen LogP contribution in [0.25, 0.3) is 0 Å². The predicted octanol–water partition coefficient (Wildman–Crippen LogP) is 1.95. The average molecular weight is 280 g/mol. The molecule has 0 radical (unpaired) electrons. The van der Waals surface area contributed by atoms with Crippen molar-refractivity contribution in [3.8, 4) is 5.75 Å². The summed E-state index contributed by atoms with van der Waals surface area (Å²) in [4.78, 5) is 15.1. The van der Waals surface area contributed by atoms with Crippen molar-refractivity contribution in [2.45, 2.75) is 13.0 Å². The molecule has 0 spiro atoms. The third kappa shape index (κ3) is 3.99. The highest BCUT2D eigenvalue weighted by molar-refractivity contribution is 6.30. The first-order valence-corrected chi connectivity index (χ1v) is 6.23. The standard InChI is InChI=1S/C13H14ClN3O2/c14-10-8-16-13(18)17(9-10)6-1-7-19-12-4-2-11(15)3-5-12/h2-5,8-9H,1,6-7,15H2. The number of ether oxygens (including phenoxy) is 1. The number of hydrogen-bond acceptors (Lipinski definition) is 4. The van der Waals surface area contributed by atoms with E-state index in [0.717, 1.165) is 5.75 Å². The van der Waals surface area contributed by atoms with Crippen molar-refractivity contribution >= 4 is 17.3 Å². The maximum Gasteiger partial charge on any atom is 0.347 e. The lowest BCUT2D eigenvalue weighted by Gasteiger charge is -2.07. The van der Waals surface area contributed by atoms with Crippen molar-refractivity contribution < 1.29 is 4.74 Å². The van der Waals surface area contributed by atoms with Crippen LogP contribution in [0.4, 0.5) is 5.69 Å². The van der Waals surface area contributed by atoms with E-state index in [9.17, 15) is 4.79 Å². The van der Waals surface area contributed by atoms with Crippen LogP contribution >= 0.6 is 11.6 Å². The van der Waals surface area contributed by atoms with E-state index in [1.165, 1.54) is 10.8 Å². The lowest BCUT2D eigenvalue weighted by molar-refractivity contribution is 0.300. The molecule has 1 aromatic carbocycles. The average Bonchev–Trinajstić information content (AvgIpc) is 2.40. The molecule has 6 heteroatoms. The van der Waals surface area contributed by atoms with Gasteiger partial charge in [-0.15, -0.1) is 0 Å². The largest absolute Gasteiger partial charge is 0.494 e. The molecule has 2 aromatic rings. The maximum absolute atomic E-state index is 11.4. The van der Waals surface area contributed by atoms with E-state index in [0.29, 0.717) is 30.3 Å². The molecule has 1 heterocycles. The number of aromatic nitrogens is 2. The molecule has 19 heavy (non-hydrogen) atoms. The Morgan fingerprint density at radius 3 is 2.79 bits per heavy atom. The maximum atomic E-state index is 11.4. The van der Waals surface area contributed by atoms with Gasteiger partial charge in [0.05, 0.1) is 17.8 Å². The molecule has 2 rings (SSSR count). The summed E-state index contributed by atoms with van der Waals surface area (Å²) in [6.45, 7) is 1.02. The Balaban J connectivity index is 1.82. The number of nitrogens with zero attached hydrogens (tertiary/aromatic N) is 2. The molecular formula is C13H14ClN3O2. The topological polar surface area (TPSA) is 70.1 Å². The normalized spacial score (nSPS) is 10.4. The van der Waals surface area contributed by atoms with Crippen molar-refractivity contribution in [1.82, 2.24) is 9.55 Å². The third-order valence-electron chi connectivity index (χ3n) is 2.52. The Hall–Kier alpha value is -2.01. The van der Waals surface area contributed by atoms with Gasteiger partial charge < -0.3 is 10.5 Å². The van der Waals surface area contributed by atoms with Crippen LogP contribution in [0.15, 0.2) is 41.5 Å². The zero-order valence-corrected chi connectivity index (χ0v) is 11.0. The molecule has 5 nitrogen and oxygen atoms in total. The monoisotopic (exact) mass is 279 g/mol. The van der Waals surface area contributed by atoms with Gasteiger partial charge in [-0.3, -0.25) is 4.57 Å². The minimum Gasteiger partial charge on any atom is -0.494 e. The zero-order valence-electron chi connectivity index (χ0n) is 10.3. The van der Waals surface area contributed by atoms with Gasteiger partial charge in [-0.1, -0.05) is 11.6 Å². The van der Waals surface area contributed by atoms with Gasteiger partial charge in [-0.05, 0) is 30.7 Å². The Morgan fingerprint density at radius 2 is 2.05 bits per heavy atom. The summed E-state index contributed by atoms with van der Waals surface area (Å²) in [7, 11) is 0. The van der Waals surface area contributed by atoms with E-state index in [1.807, 2.05) is 12.1 Å². The highest BCUT2D eigenvalue weighted by Crippen LogP contribution is 2.13. The quantitative estimate of drug-likeness (QED) is 0.671. The summed E-state index contributed by atoms with van der Waals surface area (Å²) < 4.78 is 7.00. The van der Waals surface area contributed by atoms with Gasteiger partial charge in [0.25, 0.3) is 0 Å². The van der Waals surface area contributed by atoms with E-state index in [4.69, 9.17) is 22.1 Å². The molecule has 2 N–H and O–H groups in total. The number of rotatable bonds is 5. The number of halogens is 1. The molecule has 0 saturated carbocycles. The number of nitrogens with two attached hydrogens (primary N) is 1. The van der Waals surface area contributed by atoms with E-state index < -0.39 is 0 Å². The fourth-order valence-corrected chi connectivity index (χ4v) is 1.74. The van der Waals surface area contributed by atoms with Crippen molar-refractivity contribution in [1.29, 1.82) is 0 Å². The van der Waals surface area contributed by atoms with Crippen LogP contribution in [0.5, 0.6) is 5.75 Å². The number of nitrogen functional groups attached to an aromatic ring is 1. The first kappa shape index (κ1) is 13.4. The number of aryl methyl sites for hydroxylation is 1. The number of hydrogen-bond donors (Lipinski definition) is 1. The number of anilines is 1. The Morgan fingerprint density at radius 1 is 1.32 bits per heavy atom. The van der Waals surface area contributed by atoms with Crippen molar-refractivity contribution in [2.24, 2.45) is 0 Å². The van der Waals surface area contributed by atoms with Gasteiger partial charge in [0.15, 0.2) is 0 Å². The van der Waals surface area contributed by atoms with Crippen LogP contribution in [0.2, 0.25) is 5.02 Å². The van der Waals surface area contributed by atoms with Crippen LogP contribution in [0.1, 0.15) is 6.42 Å². The molecule has 0 fully saturated rings. The molecule has 0 bridgehead atoms. The summed E-state index contributed by atoms with van der Waals surface area (Å²) in [5.41, 5.74) is 5.96. The fourth-order valence-electron chi connectivity index (χ4n) is 1.58. The molecule has 0 aliphatic carbocycles. The molecule has 0 atom stereocenters. The van der Waals surface area contributed by atoms with Gasteiger partial charge >= 0.3 is 5.69 Å². The smallest absolute Gasteiger partial charge is 0.347 e. The molecule has 0 aliphatic heterocycles. The van der Waals surface area contributed by atoms with Crippen molar-refractivity contribution in [3.63, 3.8) is 0 Å². The molecule has 1 aromatic heterocycles. The van der Waals surface area contributed by atoms with Crippen molar-refractivity contribution in [2.75, 3.05) is 12.3 Å². The minimum atomic E-state index is -0.308. The molecular weight excluding hydrogens is 266 g/mol. The van der Waals surface area contributed by atoms with Gasteiger partial charge in [-0.2, -0.15) is 0 Å². The fraction of sp³-hybridized carbons (Fsp3) is 0.231.